The molecule has 6 atom stereocenters. The topological polar surface area (TPSA) is 235 Å². The van der Waals surface area contributed by atoms with Crippen LogP contribution in [0.25, 0.3) is 0 Å². The molecule has 0 spiro atoms. The second-order valence-electron chi connectivity index (χ2n) is 18.4. The Morgan fingerprint density at radius 2 is 1.06 bits per heavy atom. The standard InChI is InChI=1S/C46H56FN7O8/c1-25-26(2)34(18-17-33(25)47)54(35-15-9-19-52(35)45(37(48)55,39(57)61-41(50)59)43(3,4)31-23-27-11-7-13-29(31)21-27)36-16-10-20-53(36)46(38(49)56,40(58)62-42(51)60)44(5,6)32-24-28-12-8-14-30(32)22-28/h7-8,11-14,17-18,21-22,31-32,35-36H,9-10,15-16,19-20,23-24H2,1-6H3,(H2,48,55)(H2,49,56)(H2,50,59)(H2,51,60)/t31?,32?,35?,36?,45-,46-/m0/s1. The lowest BCUT2D eigenvalue weighted by molar-refractivity contribution is -0.172. The fourth-order valence-electron chi connectivity index (χ4n) is 11.8. The van der Waals surface area contributed by atoms with Gasteiger partial charge in [-0.2, -0.15) is 0 Å². The van der Waals surface area contributed by atoms with Crippen molar-refractivity contribution in [2.75, 3.05) is 18.0 Å². The molecule has 3 aromatic rings. The lowest BCUT2D eigenvalue weighted by Gasteiger charge is -2.57. The first-order valence-electron chi connectivity index (χ1n) is 21.0. The number of esters is 2. The van der Waals surface area contributed by atoms with Gasteiger partial charge in [0.25, 0.3) is 0 Å². The molecule has 0 radical (unpaired) electrons. The number of ether oxygens (including phenoxy) is 2. The van der Waals surface area contributed by atoms with Gasteiger partial charge in [-0.3, -0.25) is 19.4 Å². The lowest BCUT2D eigenvalue weighted by Crippen LogP contribution is -2.77. The minimum absolute atomic E-state index is 0.0888. The van der Waals surface area contributed by atoms with E-state index in [0.717, 1.165) is 22.3 Å². The molecule has 4 unspecified atom stereocenters. The van der Waals surface area contributed by atoms with E-state index in [1.807, 2.05) is 53.4 Å². The number of hydrogen-bond acceptors (Lipinski definition) is 11. The highest BCUT2D eigenvalue weighted by molar-refractivity contribution is 6.11. The van der Waals surface area contributed by atoms with Crippen LogP contribution in [0.5, 0.6) is 0 Å². The van der Waals surface area contributed by atoms with Crippen LogP contribution >= 0.6 is 0 Å². The fraction of sp³-hybridized carbons (Fsp3) is 0.478. The van der Waals surface area contributed by atoms with E-state index in [1.54, 1.807) is 57.4 Å². The second kappa shape index (κ2) is 15.8. The molecule has 4 bridgehead atoms. The van der Waals surface area contributed by atoms with Gasteiger partial charge in [-0.15, -0.1) is 0 Å². The first kappa shape index (κ1) is 44.2. The van der Waals surface area contributed by atoms with Crippen LogP contribution in [0.2, 0.25) is 0 Å². The number of amides is 4. The Morgan fingerprint density at radius 3 is 1.44 bits per heavy atom. The molecule has 4 amide bonds. The van der Waals surface area contributed by atoms with Crippen LogP contribution in [-0.2, 0) is 41.5 Å². The van der Waals surface area contributed by atoms with E-state index in [4.69, 9.17) is 32.4 Å². The van der Waals surface area contributed by atoms with Gasteiger partial charge in [0.15, 0.2) is 0 Å². The van der Waals surface area contributed by atoms with Crippen LogP contribution in [0.3, 0.4) is 0 Å². The summed E-state index contributed by atoms with van der Waals surface area (Å²) >= 11 is 0. The summed E-state index contributed by atoms with van der Waals surface area (Å²) in [4.78, 5) is 89.2. The Bertz CT molecular complexity index is 2240. The molecule has 15 nitrogen and oxygen atoms in total. The smallest absolute Gasteiger partial charge is 0.375 e. The number of likely N-dealkylation sites (tertiary alicyclic amines) is 2. The lowest BCUT2D eigenvalue weighted by atomic mass is 9.61. The third-order valence-corrected chi connectivity index (χ3v) is 14.8. The Kier molecular flexibility index (Phi) is 11.3. The Hall–Kier alpha value is -5.87. The van der Waals surface area contributed by atoms with Crippen molar-refractivity contribution in [3.05, 3.63) is 99.9 Å². The monoisotopic (exact) mass is 853 g/mol. The molecule has 4 aliphatic rings. The van der Waals surface area contributed by atoms with E-state index >= 15 is 4.39 Å². The number of nitrogens with two attached hydrogens (primary N) is 4. The van der Waals surface area contributed by atoms with Crippen LogP contribution in [0.1, 0.15) is 98.6 Å². The average molecular weight is 854 g/mol. The van der Waals surface area contributed by atoms with Crippen LogP contribution in [0.4, 0.5) is 19.7 Å². The number of carbonyl (C=O) groups is 6. The number of halogens is 1. The van der Waals surface area contributed by atoms with Gasteiger partial charge in [0.05, 0.1) is 12.3 Å². The van der Waals surface area contributed by atoms with E-state index < -0.39 is 87.8 Å². The Morgan fingerprint density at radius 1 is 0.645 bits per heavy atom. The molecule has 0 saturated carbocycles. The molecule has 2 aliphatic carbocycles. The molecule has 0 aromatic heterocycles. The van der Waals surface area contributed by atoms with Crippen molar-refractivity contribution in [1.29, 1.82) is 0 Å². The zero-order chi connectivity index (χ0) is 45.3. The third-order valence-electron chi connectivity index (χ3n) is 14.8. The van der Waals surface area contributed by atoms with Crippen LogP contribution in [0, 0.1) is 30.5 Å². The van der Waals surface area contributed by atoms with Crippen molar-refractivity contribution in [1.82, 2.24) is 9.80 Å². The van der Waals surface area contributed by atoms with Gasteiger partial charge in [-0.05, 0) is 110 Å². The summed E-state index contributed by atoms with van der Waals surface area (Å²) < 4.78 is 25.9. The summed E-state index contributed by atoms with van der Waals surface area (Å²) in [6, 6.07) is 18.3. The number of fused-ring (bicyclic) bond motifs is 4. The zero-order valence-electron chi connectivity index (χ0n) is 36.0. The van der Waals surface area contributed by atoms with Crippen LogP contribution < -0.4 is 27.8 Å². The highest BCUT2D eigenvalue weighted by atomic mass is 19.1. The van der Waals surface area contributed by atoms with Crippen LogP contribution in [0.15, 0.2) is 60.7 Å². The quantitative estimate of drug-likeness (QED) is 0.138. The first-order valence-corrected chi connectivity index (χ1v) is 21.0. The second-order valence-corrected chi connectivity index (χ2v) is 18.4. The van der Waals surface area contributed by atoms with E-state index in [1.165, 1.54) is 6.07 Å². The SMILES string of the molecule is Cc1c(F)ccc(N(C2CCCN2[C@@](C(N)=O)(C(=O)OC(N)=O)C(C)(C)C2Cc3cccc2c3)C2CCCN2[C@@](C(N)=O)(C(=O)OC(N)=O)C(C)(C)C2Cc3cccc2c3)c1C. The summed E-state index contributed by atoms with van der Waals surface area (Å²) in [5.41, 5.74) is 21.4. The fourth-order valence-corrected chi connectivity index (χ4v) is 11.8. The van der Waals surface area contributed by atoms with Crippen molar-refractivity contribution in [2.24, 2.45) is 33.8 Å². The normalized spacial score (nSPS) is 23.0. The highest BCUT2D eigenvalue weighted by Gasteiger charge is 2.70. The van der Waals surface area contributed by atoms with Gasteiger partial charge in [0, 0.05) is 29.6 Å². The maximum atomic E-state index is 15.4. The molecule has 2 fully saturated rings. The molecule has 3 aromatic carbocycles. The molecule has 62 heavy (non-hydrogen) atoms. The molecule has 7 rings (SSSR count). The van der Waals surface area contributed by atoms with E-state index in [-0.39, 0.29) is 25.9 Å². The maximum Gasteiger partial charge on any atom is 0.412 e. The van der Waals surface area contributed by atoms with Crippen molar-refractivity contribution >= 4 is 41.6 Å². The molecular weight excluding hydrogens is 798 g/mol. The minimum atomic E-state index is -2.37. The van der Waals surface area contributed by atoms with Crippen LogP contribution in [-0.4, -0.2) is 82.2 Å². The summed E-state index contributed by atoms with van der Waals surface area (Å²) in [5.74, 6) is -6.11. The van der Waals surface area contributed by atoms with Crippen molar-refractivity contribution in [3.63, 3.8) is 0 Å². The van der Waals surface area contributed by atoms with E-state index in [9.17, 15) is 28.8 Å². The molecule has 2 heterocycles. The number of carbonyl (C=O) groups excluding carboxylic acids is 6. The van der Waals surface area contributed by atoms with Gasteiger partial charge in [-0.1, -0.05) is 76.2 Å². The van der Waals surface area contributed by atoms with Gasteiger partial charge >= 0.3 is 24.1 Å². The van der Waals surface area contributed by atoms with Gasteiger partial charge in [0.1, 0.15) is 5.82 Å². The Labute approximate surface area is 360 Å². The molecule has 8 N–H and O–H groups in total. The minimum Gasteiger partial charge on any atom is -0.375 e. The average Bonchev–Trinajstić information content (AvgIpc) is 3.98. The predicted molar refractivity (Wildman–Crippen MR) is 226 cm³/mol. The number of benzene rings is 3. The summed E-state index contributed by atoms with van der Waals surface area (Å²) in [7, 11) is 0. The third kappa shape index (κ3) is 6.52. The summed E-state index contributed by atoms with van der Waals surface area (Å²) in [6.45, 7) is 10.5. The van der Waals surface area contributed by atoms with Gasteiger partial charge in [-0.25, -0.2) is 23.6 Å². The molecule has 16 heteroatoms. The highest BCUT2D eigenvalue weighted by Crippen LogP contribution is 2.56. The van der Waals surface area contributed by atoms with Crippen molar-refractivity contribution < 1.29 is 42.6 Å². The number of rotatable bonds is 13. The Balaban J connectivity index is 1.47. The largest absolute Gasteiger partial charge is 0.412 e. The van der Waals surface area contributed by atoms with Crippen molar-refractivity contribution in [3.8, 4) is 0 Å². The molecule has 2 saturated heterocycles. The number of hydrogen-bond donors (Lipinski definition) is 4. The number of primary amides is 4. The van der Waals surface area contributed by atoms with E-state index in [0.29, 0.717) is 42.5 Å². The summed E-state index contributed by atoms with van der Waals surface area (Å²) in [5, 5.41) is 0. The van der Waals surface area contributed by atoms with Crippen molar-refractivity contribution in [2.45, 2.75) is 115 Å². The molecule has 330 valence electrons. The van der Waals surface area contributed by atoms with E-state index in [2.05, 4.69) is 0 Å². The maximum absolute atomic E-state index is 15.4. The molecule has 2 aliphatic heterocycles. The molecular formula is C46H56FN7O8. The predicted octanol–water partition coefficient (Wildman–Crippen LogP) is 4.52. The van der Waals surface area contributed by atoms with Gasteiger partial charge < -0.3 is 37.3 Å². The number of nitrogens with zero attached hydrogens (tertiary/aromatic N) is 3. The number of anilines is 1. The van der Waals surface area contributed by atoms with Gasteiger partial charge in [0.2, 0.25) is 22.9 Å². The zero-order valence-corrected chi connectivity index (χ0v) is 36.0. The first-order chi connectivity index (χ1) is 29.1. The summed E-state index contributed by atoms with van der Waals surface area (Å²) in [6.07, 6.45) is -2.55.